The van der Waals surface area contributed by atoms with Gasteiger partial charge in [0.25, 0.3) is 0 Å². The molecule has 1 heterocycles. The van der Waals surface area contributed by atoms with Gasteiger partial charge in [0, 0.05) is 22.6 Å². The van der Waals surface area contributed by atoms with Crippen LogP contribution in [0.1, 0.15) is 0 Å². The molecule has 0 atom stereocenters. The monoisotopic (exact) mass is 666 g/mol. The summed E-state index contributed by atoms with van der Waals surface area (Å²) in [5.74, 6) is 0.625. The highest BCUT2D eigenvalue weighted by Gasteiger charge is 2.18. The van der Waals surface area contributed by atoms with Gasteiger partial charge in [0.2, 0.25) is 5.89 Å². The summed E-state index contributed by atoms with van der Waals surface area (Å²) in [5.41, 5.74) is 15.1. The standard InChI is InChI=1S/C49H34N2O/c1-5-13-35(14-6-1)36-21-23-37(24-22-36)38-25-28-43(29-26-38)51(42-19-11-4-12-20-42)44-30-31-45(46(34-44)39-15-7-2-8-16-39)41-27-32-48-47(33-41)50-49(52-48)40-17-9-3-10-18-40/h1-34H. The van der Waals surface area contributed by atoms with Gasteiger partial charge in [-0.2, -0.15) is 0 Å². The second-order valence-electron chi connectivity index (χ2n) is 12.8. The summed E-state index contributed by atoms with van der Waals surface area (Å²) in [5, 5.41) is 0. The molecular weight excluding hydrogens is 633 g/mol. The van der Waals surface area contributed by atoms with Crippen LogP contribution in [0.25, 0.3) is 67.1 Å². The molecule has 3 heteroatoms. The Bertz CT molecular complexity index is 2580. The summed E-state index contributed by atoms with van der Waals surface area (Å²) in [6, 6.07) is 72.4. The molecule has 8 aromatic carbocycles. The summed E-state index contributed by atoms with van der Waals surface area (Å²) in [6.45, 7) is 0. The lowest BCUT2D eigenvalue weighted by Gasteiger charge is -2.27. The van der Waals surface area contributed by atoms with Crippen LogP contribution in [0.4, 0.5) is 17.1 Å². The van der Waals surface area contributed by atoms with Crippen molar-refractivity contribution in [3.05, 3.63) is 206 Å². The number of anilines is 3. The van der Waals surface area contributed by atoms with Crippen molar-refractivity contribution in [1.82, 2.24) is 4.98 Å². The maximum Gasteiger partial charge on any atom is 0.227 e. The maximum atomic E-state index is 6.15. The molecule has 0 amide bonds. The highest BCUT2D eigenvalue weighted by Crippen LogP contribution is 2.42. The number of para-hydroxylation sites is 1. The van der Waals surface area contributed by atoms with Crippen molar-refractivity contribution in [2.45, 2.75) is 0 Å². The molecule has 52 heavy (non-hydrogen) atoms. The minimum atomic E-state index is 0.625. The number of rotatable bonds is 8. The van der Waals surface area contributed by atoms with Crippen molar-refractivity contribution in [1.29, 1.82) is 0 Å². The molecule has 0 aliphatic heterocycles. The molecule has 0 bridgehead atoms. The van der Waals surface area contributed by atoms with Crippen LogP contribution in [0, 0.1) is 0 Å². The van der Waals surface area contributed by atoms with E-state index in [-0.39, 0.29) is 0 Å². The fourth-order valence-electron chi connectivity index (χ4n) is 6.89. The van der Waals surface area contributed by atoms with E-state index >= 15 is 0 Å². The van der Waals surface area contributed by atoms with E-state index in [1.807, 2.05) is 36.4 Å². The molecule has 3 nitrogen and oxygen atoms in total. The molecule has 1 aromatic heterocycles. The third-order valence-electron chi connectivity index (χ3n) is 9.53. The van der Waals surface area contributed by atoms with Gasteiger partial charge in [0.1, 0.15) is 5.52 Å². The van der Waals surface area contributed by atoms with Crippen molar-refractivity contribution >= 4 is 28.2 Å². The highest BCUT2D eigenvalue weighted by atomic mass is 16.3. The Labute approximate surface area is 303 Å². The number of fused-ring (bicyclic) bond motifs is 1. The van der Waals surface area contributed by atoms with Crippen molar-refractivity contribution in [3.8, 4) is 56.0 Å². The van der Waals surface area contributed by atoms with Crippen molar-refractivity contribution in [2.24, 2.45) is 0 Å². The van der Waals surface area contributed by atoms with Gasteiger partial charge in [-0.15, -0.1) is 0 Å². The van der Waals surface area contributed by atoms with Gasteiger partial charge in [0.15, 0.2) is 5.58 Å². The largest absolute Gasteiger partial charge is 0.436 e. The van der Waals surface area contributed by atoms with E-state index in [1.54, 1.807) is 0 Å². The molecule has 0 saturated carbocycles. The summed E-state index contributed by atoms with van der Waals surface area (Å²) < 4.78 is 6.15. The molecule has 0 fully saturated rings. The first-order chi connectivity index (χ1) is 25.8. The van der Waals surface area contributed by atoms with E-state index in [2.05, 4.69) is 175 Å². The van der Waals surface area contributed by atoms with E-state index in [4.69, 9.17) is 9.40 Å². The topological polar surface area (TPSA) is 29.3 Å². The van der Waals surface area contributed by atoms with Crippen molar-refractivity contribution in [2.75, 3.05) is 4.90 Å². The Hall–Kier alpha value is -6.97. The summed E-state index contributed by atoms with van der Waals surface area (Å²) >= 11 is 0. The second-order valence-corrected chi connectivity index (χ2v) is 12.8. The van der Waals surface area contributed by atoms with E-state index in [9.17, 15) is 0 Å². The molecule has 0 radical (unpaired) electrons. The number of oxazole rings is 1. The average Bonchev–Trinajstić information content (AvgIpc) is 3.67. The Morgan fingerprint density at radius 2 is 0.788 bits per heavy atom. The Balaban J connectivity index is 1.10. The third kappa shape index (κ3) is 6.17. The molecule has 246 valence electrons. The van der Waals surface area contributed by atoms with Gasteiger partial charge in [0.05, 0.1) is 0 Å². The Kier molecular flexibility index (Phi) is 8.20. The highest BCUT2D eigenvalue weighted by molar-refractivity contribution is 5.92. The van der Waals surface area contributed by atoms with Crippen LogP contribution in [0.15, 0.2) is 211 Å². The average molecular weight is 667 g/mol. The van der Waals surface area contributed by atoms with Gasteiger partial charge in [-0.3, -0.25) is 0 Å². The molecule has 0 aliphatic rings. The Morgan fingerprint density at radius 1 is 0.327 bits per heavy atom. The first-order valence-electron chi connectivity index (χ1n) is 17.5. The predicted molar refractivity (Wildman–Crippen MR) is 216 cm³/mol. The lowest BCUT2D eigenvalue weighted by atomic mass is 9.93. The van der Waals surface area contributed by atoms with Crippen LogP contribution in [0.5, 0.6) is 0 Å². The zero-order chi connectivity index (χ0) is 34.7. The van der Waals surface area contributed by atoms with Crippen molar-refractivity contribution < 1.29 is 4.42 Å². The zero-order valence-electron chi connectivity index (χ0n) is 28.4. The smallest absolute Gasteiger partial charge is 0.227 e. The number of hydrogen-bond acceptors (Lipinski definition) is 3. The molecule has 9 rings (SSSR count). The molecule has 0 spiro atoms. The van der Waals surface area contributed by atoms with Crippen LogP contribution >= 0.6 is 0 Å². The van der Waals surface area contributed by atoms with Crippen LogP contribution in [0.2, 0.25) is 0 Å². The van der Waals surface area contributed by atoms with Crippen LogP contribution in [0.3, 0.4) is 0 Å². The van der Waals surface area contributed by atoms with E-state index in [0.29, 0.717) is 5.89 Å². The fraction of sp³-hybridized carbons (Fsp3) is 0. The number of hydrogen-bond donors (Lipinski definition) is 0. The minimum Gasteiger partial charge on any atom is -0.436 e. The molecule has 0 saturated heterocycles. The lowest BCUT2D eigenvalue weighted by Crippen LogP contribution is -2.10. The molecule has 9 aromatic rings. The van der Waals surface area contributed by atoms with E-state index in [1.165, 1.54) is 22.3 Å². The zero-order valence-corrected chi connectivity index (χ0v) is 28.4. The Morgan fingerprint density at radius 3 is 1.40 bits per heavy atom. The van der Waals surface area contributed by atoms with Crippen LogP contribution < -0.4 is 4.90 Å². The first kappa shape index (κ1) is 31.0. The lowest BCUT2D eigenvalue weighted by molar-refractivity contribution is 0.620. The van der Waals surface area contributed by atoms with E-state index < -0.39 is 0 Å². The van der Waals surface area contributed by atoms with Crippen molar-refractivity contribution in [3.63, 3.8) is 0 Å². The molecule has 0 N–H and O–H groups in total. The van der Waals surface area contributed by atoms with Crippen LogP contribution in [-0.4, -0.2) is 4.98 Å². The second kappa shape index (κ2) is 13.7. The molecule has 0 unspecified atom stereocenters. The summed E-state index contributed by atoms with van der Waals surface area (Å²) in [7, 11) is 0. The fourth-order valence-corrected chi connectivity index (χ4v) is 6.89. The summed E-state index contributed by atoms with van der Waals surface area (Å²) in [4.78, 5) is 7.19. The molecule has 0 aliphatic carbocycles. The van der Waals surface area contributed by atoms with Gasteiger partial charge in [-0.25, -0.2) is 4.98 Å². The normalized spacial score (nSPS) is 11.1. The van der Waals surface area contributed by atoms with Crippen LogP contribution in [-0.2, 0) is 0 Å². The summed E-state index contributed by atoms with van der Waals surface area (Å²) in [6.07, 6.45) is 0. The number of aromatic nitrogens is 1. The maximum absolute atomic E-state index is 6.15. The SMILES string of the molecule is c1ccc(-c2ccc(-c3ccc(N(c4ccccc4)c4ccc(-c5ccc6oc(-c7ccccc7)nc6c5)c(-c5ccccc5)c4)cc3)cc2)cc1. The number of benzene rings is 8. The number of nitrogens with zero attached hydrogens (tertiary/aromatic N) is 2. The minimum absolute atomic E-state index is 0.625. The van der Waals surface area contributed by atoms with E-state index in [0.717, 1.165) is 56.0 Å². The first-order valence-corrected chi connectivity index (χ1v) is 17.5. The predicted octanol–water partition coefficient (Wildman–Crippen LogP) is 13.6. The molecular formula is C49H34N2O. The third-order valence-corrected chi connectivity index (χ3v) is 9.53. The quantitative estimate of drug-likeness (QED) is 0.162. The van der Waals surface area contributed by atoms with Gasteiger partial charge < -0.3 is 9.32 Å². The van der Waals surface area contributed by atoms with Gasteiger partial charge in [-0.1, -0.05) is 146 Å². The van der Waals surface area contributed by atoms with Gasteiger partial charge in [-0.05, 0) is 105 Å². The van der Waals surface area contributed by atoms with Gasteiger partial charge >= 0.3 is 0 Å².